The number of nitrogens with zero attached hydrogens (tertiary/aromatic N) is 1. The molecule has 0 spiro atoms. The summed E-state index contributed by atoms with van der Waals surface area (Å²) in [6.07, 6.45) is 0.0662. The summed E-state index contributed by atoms with van der Waals surface area (Å²) in [6, 6.07) is 16.1. The molecule has 5 nitrogen and oxygen atoms in total. The number of aliphatic carboxylic acids is 1. The molecule has 0 aliphatic rings. The van der Waals surface area contributed by atoms with Gasteiger partial charge in [0, 0.05) is 0 Å². The maximum atomic E-state index is 12.1. The summed E-state index contributed by atoms with van der Waals surface area (Å²) in [5.41, 5.74) is 1.72. The molecule has 0 aliphatic carbocycles. The van der Waals surface area contributed by atoms with Crippen LogP contribution in [0.15, 0.2) is 48.5 Å². The third-order valence-electron chi connectivity index (χ3n) is 3.84. The van der Waals surface area contributed by atoms with Crippen LogP contribution in [0.25, 0.3) is 21.3 Å². The van der Waals surface area contributed by atoms with Crippen molar-refractivity contribution in [3.63, 3.8) is 0 Å². The zero-order valence-electron chi connectivity index (χ0n) is 13.9. The van der Waals surface area contributed by atoms with Gasteiger partial charge in [-0.15, -0.1) is 11.3 Å². The molecule has 0 aliphatic heterocycles. The van der Waals surface area contributed by atoms with Gasteiger partial charge in [-0.3, -0.25) is 4.79 Å². The van der Waals surface area contributed by atoms with Gasteiger partial charge < -0.3 is 10.4 Å². The quantitative estimate of drug-likeness (QED) is 0.735. The Labute approximate surface area is 149 Å². The lowest BCUT2D eigenvalue weighted by molar-refractivity contribution is -0.145. The van der Waals surface area contributed by atoms with Crippen molar-refractivity contribution in [3.8, 4) is 11.1 Å². The van der Waals surface area contributed by atoms with Crippen LogP contribution in [0.2, 0.25) is 0 Å². The zero-order chi connectivity index (χ0) is 18.0. The molecule has 1 aromatic heterocycles. The van der Waals surface area contributed by atoms with E-state index in [2.05, 4.69) is 10.3 Å². The van der Waals surface area contributed by atoms with Gasteiger partial charge in [0.2, 0.25) is 5.91 Å². The highest BCUT2D eigenvalue weighted by Crippen LogP contribution is 2.28. The molecular weight excluding hydrogens is 336 g/mol. The number of fused-ring (bicyclic) bond motifs is 1. The van der Waals surface area contributed by atoms with Gasteiger partial charge in [0.1, 0.15) is 10.5 Å². The third kappa shape index (κ3) is 3.85. The molecule has 0 unspecified atom stereocenters. The maximum absolute atomic E-state index is 12.1. The lowest BCUT2D eigenvalue weighted by atomic mass is 10.1. The fraction of sp³-hybridized carbons (Fsp3) is 0.211. The van der Waals surface area contributed by atoms with Gasteiger partial charge in [-0.2, -0.15) is 0 Å². The predicted molar refractivity (Wildman–Crippen MR) is 98.6 cm³/mol. The Balaban J connectivity index is 1.80. The molecule has 2 N–H and O–H groups in total. The lowest BCUT2D eigenvalue weighted by Crippen LogP contribution is -2.50. The van der Waals surface area contributed by atoms with E-state index in [4.69, 9.17) is 5.11 Å². The van der Waals surface area contributed by atoms with Crippen molar-refractivity contribution >= 4 is 33.4 Å². The Hall–Kier alpha value is -2.73. The van der Waals surface area contributed by atoms with Crippen molar-refractivity contribution in [1.29, 1.82) is 0 Å². The van der Waals surface area contributed by atoms with Crippen LogP contribution in [0.3, 0.4) is 0 Å². The number of amides is 1. The minimum atomic E-state index is -1.30. The molecule has 3 rings (SSSR count). The van der Waals surface area contributed by atoms with E-state index >= 15 is 0 Å². The average molecular weight is 354 g/mol. The number of carbonyl (C=O) groups is 2. The molecule has 128 valence electrons. The van der Waals surface area contributed by atoms with Crippen LogP contribution in [0.4, 0.5) is 0 Å². The summed E-state index contributed by atoms with van der Waals surface area (Å²) >= 11 is 1.44. The molecule has 0 saturated carbocycles. The van der Waals surface area contributed by atoms with E-state index in [1.807, 2.05) is 48.5 Å². The summed E-state index contributed by atoms with van der Waals surface area (Å²) in [6.45, 7) is 2.91. The monoisotopic (exact) mass is 354 g/mol. The third-order valence-corrected chi connectivity index (χ3v) is 4.87. The Morgan fingerprint density at radius 1 is 1.12 bits per heavy atom. The largest absolute Gasteiger partial charge is 0.480 e. The Bertz CT molecular complexity index is 932. The maximum Gasteiger partial charge on any atom is 0.328 e. The summed E-state index contributed by atoms with van der Waals surface area (Å²) in [7, 11) is 0. The van der Waals surface area contributed by atoms with Crippen LogP contribution in [-0.2, 0) is 16.0 Å². The van der Waals surface area contributed by atoms with E-state index in [0.29, 0.717) is 5.01 Å². The first kappa shape index (κ1) is 17.1. The van der Waals surface area contributed by atoms with E-state index in [9.17, 15) is 9.59 Å². The van der Waals surface area contributed by atoms with Crippen molar-refractivity contribution in [2.45, 2.75) is 25.8 Å². The van der Waals surface area contributed by atoms with Crippen molar-refractivity contribution in [2.75, 3.05) is 0 Å². The van der Waals surface area contributed by atoms with E-state index in [0.717, 1.165) is 21.3 Å². The molecule has 6 heteroatoms. The average Bonchev–Trinajstić information content (AvgIpc) is 2.96. The molecule has 25 heavy (non-hydrogen) atoms. The second-order valence-electron chi connectivity index (χ2n) is 6.31. The Kier molecular flexibility index (Phi) is 4.55. The fourth-order valence-electron chi connectivity index (χ4n) is 2.44. The number of hydrogen-bond acceptors (Lipinski definition) is 4. The molecule has 0 atom stereocenters. The lowest BCUT2D eigenvalue weighted by Gasteiger charge is -2.20. The van der Waals surface area contributed by atoms with Crippen LogP contribution >= 0.6 is 11.3 Å². The number of carboxylic acids is 1. The number of thiazole rings is 1. The van der Waals surface area contributed by atoms with Crippen LogP contribution in [-0.4, -0.2) is 27.5 Å². The van der Waals surface area contributed by atoms with Gasteiger partial charge in [-0.1, -0.05) is 36.4 Å². The molecule has 0 fully saturated rings. The zero-order valence-corrected chi connectivity index (χ0v) is 14.8. The van der Waals surface area contributed by atoms with Gasteiger partial charge >= 0.3 is 5.97 Å². The number of aromatic nitrogens is 1. The number of carbonyl (C=O) groups excluding carboxylic acids is 1. The molecule has 1 heterocycles. The first-order valence-electron chi connectivity index (χ1n) is 7.84. The molecule has 0 radical (unpaired) electrons. The highest BCUT2D eigenvalue weighted by Gasteiger charge is 2.29. The van der Waals surface area contributed by atoms with E-state index < -0.39 is 11.5 Å². The molecule has 0 bridgehead atoms. The van der Waals surface area contributed by atoms with Crippen molar-refractivity contribution < 1.29 is 14.7 Å². The first-order chi connectivity index (χ1) is 11.8. The second-order valence-corrected chi connectivity index (χ2v) is 7.43. The Morgan fingerprint density at radius 3 is 2.52 bits per heavy atom. The number of rotatable bonds is 5. The van der Waals surface area contributed by atoms with E-state index in [1.54, 1.807) is 0 Å². The number of nitrogens with one attached hydrogen (secondary N) is 1. The minimum absolute atomic E-state index is 0.0662. The summed E-state index contributed by atoms with van der Waals surface area (Å²) in [5, 5.41) is 12.3. The van der Waals surface area contributed by atoms with E-state index in [1.165, 1.54) is 25.2 Å². The van der Waals surface area contributed by atoms with Crippen LogP contribution < -0.4 is 5.32 Å². The van der Waals surface area contributed by atoms with Crippen molar-refractivity contribution in [1.82, 2.24) is 10.3 Å². The minimum Gasteiger partial charge on any atom is -0.480 e. The highest BCUT2D eigenvalue weighted by molar-refractivity contribution is 7.18. The highest BCUT2D eigenvalue weighted by atomic mass is 32.1. The topological polar surface area (TPSA) is 79.3 Å². The molecule has 0 saturated heterocycles. The SMILES string of the molecule is CC(C)(NC(=O)Cc1nc2cc(-c3ccccc3)ccc2s1)C(=O)O. The van der Waals surface area contributed by atoms with Gasteiger partial charge in [0.15, 0.2) is 0 Å². The van der Waals surface area contributed by atoms with Gasteiger partial charge in [0.05, 0.1) is 16.6 Å². The number of benzene rings is 2. The summed E-state index contributed by atoms with van der Waals surface area (Å²) in [4.78, 5) is 27.7. The van der Waals surface area contributed by atoms with Crippen LogP contribution in [0.1, 0.15) is 18.9 Å². The molecule has 2 aromatic carbocycles. The Morgan fingerprint density at radius 2 is 1.84 bits per heavy atom. The fourth-order valence-corrected chi connectivity index (χ4v) is 3.39. The van der Waals surface area contributed by atoms with Gasteiger partial charge in [0.25, 0.3) is 0 Å². The van der Waals surface area contributed by atoms with Crippen molar-refractivity contribution in [3.05, 3.63) is 53.5 Å². The smallest absolute Gasteiger partial charge is 0.328 e. The molecule has 3 aromatic rings. The predicted octanol–water partition coefficient (Wildman–Crippen LogP) is 3.49. The van der Waals surface area contributed by atoms with Crippen LogP contribution in [0.5, 0.6) is 0 Å². The van der Waals surface area contributed by atoms with Crippen molar-refractivity contribution in [2.24, 2.45) is 0 Å². The normalized spacial score (nSPS) is 11.4. The molecule has 1 amide bonds. The number of carboxylic acid groups (broad SMARTS) is 1. The number of hydrogen-bond donors (Lipinski definition) is 2. The van der Waals surface area contributed by atoms with Crippen LogP contribution in [0, 0.1) is 0 Å². The standard InChI is InChI=1S/C19H18N2O3S/c1-19(2,18(23)24)21-16(22)11-17-20-14-10-13(8-9-15(14)25-17)12-6-4-3-5-7-12/h3-10H,11H2,1-2H3,(H,21,22)(H,23,24). The summed E-state index contributed by atoms with van der Waals surface area (Å²) in [5.74, 6) is -1.42. The van der Waals surface area contributed by atoms with Gasteiger partial charge in [-0.25, -0.2) is 9.78 Å². The first-order valence-corrected chi connectivity index (χ1v) is 8.66. The molecular formula is C19H18N2O3S. The summed E-state index contributed by atoms with van der Waals surface area (Å²) < 4.78 is 1.000. The van der Waals surface area contributed by atoms with E-state index in [-0.39, 0.29) is 12.3 Å². The van der Waals surface area contributed by atoms with Gasteiger partial charge in [-0.05, 0) is 37.1 Å². The second kappa shape index (κ2) is 6.64.